The summed E-state index contributed by atoms with van der Waals surface area (Å²) in [6, 6.07) is 20.8. The molecule has 0 aromatic heterocycles. The average Bonchev–Trinajstić information content (AvgIpc) is 2.66. The summed E-state index contributed by atoms with van der Waals surface area (Å²) in [5.74, 6) is 0.912. The van der Waals surface area contributed by atoms with Crippen LogP contribution in [-0.2, 0) is 6.42 Å². The Morgan fingerprint density at radius 3 is 2.34 bits per heavy atom. The van der Waals surface area contributed by atoms with E-state index in [9.17, 15) is 0 Å². The van der Waals surface area contributed by atoms with Crippen molar-refractivity contribution in [3.05, 3.63) is 80.4 Å². The summed E-state index contributed by atoms with van der Waals surface area (Å²) < 4.78 is 6.94. The molecule has 0 saturated carbocycles. The van der Waals surface area contributed by atoms with Gasteiger partial charge >= 0.3 is 0 Å². The van der Waals surface area contributed by atoms with Gasteiger partial charge in [0.1, 0.15) is 5.75 Å². The third-order valence-electron chi connectivity index (χ3n) is 4.49. The Morgan fingerprint density at radius 1 is 1.00 bits per heavy atom. The second kappa shape index (κ2) is 9.72. The topological polar surface area (TPSA) is 24.5 Å². The predicted octanol–water partition coefficient (Wildman–Crippen LogP) is 7.13. The molecule has 0 aliphatic rings. The highest BCUT2D eigenvalue weighted by Crippen LogP contribution is 2.31. The van der Waals surface area contributed by atoms with Crippen LogP contribution < -0.4 is 15.0 Å². The van der Waals surface area contributed by atoms with E-state index in [0.717, 1.165) is 32.1 Å². The van der Waals surface area contributed by atoms with E-state index in [2.05, 4.69) is 89.4 Å². The van der Waals surface area contributed by atoms with Crippen molar-refractivity contribution < 1.29 is 4.74 Å². The first-order valence-corrected chi connectivity index (χ1v) is 11.1. The number of halogens is 2. The summed E-state index contributed by atoms with van der Waals surface area (Å²) in [5, 5.41) is 4.34. The van der Waals surface area contributed by atoms with Crippen molar-refractivity contribution in [2.75, 3.05) is 24.3 Å². The van der Waals surface area contributed by atoms with Gasteiger partial charge in [0.05, 0.1) is 9.67 Å². The maximum absolute atomic E-state index is 6.05. The third-order valence-corrected chi connectivity index (χ3v) is 5.58. The molecule has 152 valence electrons. The fourth-order valence-corrected chi connectivity index (χ4v) is 3.80. The van der Waals surface area contributed by atoms with Crippen molar-refractivity contribution >= 4 is 51.3 Å². The lowest BCUT2D eigenvalue weighted by atomic mass is 10.0. The lowest BCUT2D eigenvalue weighted by Gasteiger charge is -2.19. The molecule has 3 aromatic carbocycles. The maximum Gasteiger partial charge on any atom is 0.133 e. The monoisotopic (exact) mass is 520 g/mol. The van der Waals surface area contributed by atoms with Crippen LogP contribution >= 0.6 is 34.2 Å². The fourth-order valence-electron chi connectivity index (χ4n) is 3.03. The van der Waals surface area contributed by atoms with Gasteiger partial charge in [-0.15, -0.1) is 0 Å². The molecule has 0 radical (unpaired) electrons. The molecule has 0 atom stereocenters. The Balaban J connectivity index is 1.89. The van der Waals surface area contributed by atoms with Crippen molar-refractivity contribution in [1.82, 2.24) is 0 Å². The van der Waals surface area contributed by atoms with E-state index >= 15 is 0 Å². The quantitative estimate of drug-likeness (QED) is 0.335. The molecule has 0 saturated heterocycles. The zero-order chi connectivity index (χ0) is 21.0. The lowest BCUT2D eigenvalue weighted by molar-refractivity contribution is 0.240. The molecule has 0 amide bonds. The molecule has 0 spiro atoms. The van der Waals surface area contributed by atoms with Crippen LogP contribution in [-0.4, -0.2) is 20.2 Å². The van der Waals surface area contributed by atoms with Crippen LogP contribution in [0.4, 0.5) is 17.1 Å². The van der Waals surface area contributed by atoms with Crippen molar-refractivity contribution in [1.29, 1.82) is 0 Å². The number of nitrogens with one attached hydrogen (secondary N) is 1. The van der Waals surface area contributed by atoms with E-state index in [-0.39, 0.29) is 6.10 Å². The summed E-state index contributed by atoms with van der Waals surface area (Å²) in [6.07, 6.45) is 0.985. The van der Waals surface area contributed by atoms with Gasteiger partial charge in [-0.05, 0) is 103 Å². The molecule has 3 rings (SSSR count). The first-order chi connectivity index (χ1) is 13.8. The predicted molar refractivity (Wildman–Crippen MR) is 133 cm³/mol. The molecule has 3 aromatic rings. The Labute approximate surface area is 192 Å². The van der Waals surface area contributed by atoms with Gasteiger partial charge in [0.2, 0.25) is 0 Å². The Morgan fingerprint density at radius 2 is 1.72 bits per heavy atom. The standard InChI is InChI=1S/C24H26ClIN2O/c1-16(2)29-24-12-9-20(15-22(24)26)27-23-11-10-21(28(3)4)14-18(23)13-17-5-7-19(25)8-6-17/h5-12,14-16,27H,13H2,1-4H3. The second-order valence-corrected chi connectivity index (χ2v) is 9.07. The van der Waals surface area contributed by atoms with Gasteiger partial charge in [-0.1, -0.05) is 23.7 Å². The number of ether oxygens (including phenoxy) is 1. The first-order valence-electron chi connectivity index (χ1n) is 9.60. The van der Waals surface area contributed by atoms with Crippen LogP contribution in [0.1, 0.15) is 25.0 Å². The van der Waals surface area contributed by atoms with Crippen molar-refractivity contribution in [3.63, 3.8) is 0 Å². The highest BCUT2D eigenvalue weighted by molar-refractivity contribution is 14.1. The normalized spacial score (nSPS) is 10.9. The summed E-state index contributed by atoms with van der Waals surface area (Å²) in [4.78, 5) is 2.12. The van der Waals surface area contributed by atoms with E-state index in [1.807, 2.05) is 32.0 Å². The van der Waals surface area contributed by atoms with E-state index < -0.39 is 0 Å². The smallest absolute Gasteiger partial charge is 0.133 e. The van der Waals surface area contributed by atoms with Crippen LogP contribution in [0.3, 0.4) is 0 Å². The minimum absolute atomic E-state index is 0.159. The average molecular weight is 521 g/mol. The Hall–Kier alpha value is -1.92. The molecule has 0 unspecified atom stereocenters. The molecule has 0 fully saturated rings. The first kappa shape index (κ1) is 21.8. The molecular weight excluding hydrogens is 495 g/mol. The summed E-state index contributed by atoms with van der Waals surface area (Å²) in [7, 11) is 4.12. The summed E-state index contributed by atoms with van der Waals surface area (Å²) >= 11 is 8.37. The van der Waals surface area contributed by atoms with Crippen molar-refractivity contribution in [2.24, 2.45) is 0 Å². The number of anilines is 3. The van der Waals surface area contributed by atoms with Crippen molar-refractivity contribution in [2.45, 2.75) is 26.4 Å². The van der Waals surface area contributed by atoms with E-state index in [0.29, 0.717) is 0 Å². The lowest BCUT2D eigenvalue weighted by Crippen LogP contribution is -2.09. The van der Waals surface area contributed by atoms with Gasteiger partial charge in [-0.2, -0.15) is 0 Å². The van der Waals surface area contributed by atoms with Crippen LogP contribution in [0.25, 0.3) is 0 Å². The van der Waals surface area contributed by atoms with E-state index in [4.69, 9.17) is 16.3 Å². The highest BCUT2D eigenvalue weighted by atomic mass is 127. The van der Waals surface area contributed by atoms with E-state index in [1.165, 1.54) is 16.8 Å². The number of rotatable bonds is 7. The summed E-state index contributed by atoms with van der Waals surface area (Å²) in [6.45, 7) is 4.08. The van der Waals surface area contributed by atoms with Gasteiger partial charge in [0.25, 0.3) is 0 Å². The fraction of sp³-hybridized carbons (Fsp3) is 0.250. The molecular formula is C24H26ClIN2O. The molecule has 0 aliphatic carbocycles. The minimum atomic E-state index is 0.159. The number of benzene rings is 3. The van der Waals surface area contributed by atoms with Crippen LogP contribution in [0.5, 0.6) is 5.75 Å². The van der Waals surface area contributed by atoms with Gasteiger partial charge < -0.3 is 15.0 Å². The molecule has 0 bridgehead atoms. The molecule has 0 aliphatic heterocycles. The van der Waals surface area contributed by atoms with Crippen molar-refractivity contribution in [3.8, 4) is 5.75 Å². The molecule has 29 heavy (non-hydrogen) atoms. The van der Waals surface area contributed by atoms with Crippen LogP contribution in [0, 0.1) is 3.57 Å². The Kier molecular flexibility index (Phi) is 7.30. The number of nitrogens with zero attached hydrogens (tertiary/aromatic N) is 1. The molecule has 0 heterocycles. The highest BCUT2D eigenvalue weighted by Gasteiger charge is 2.10. The molecule has 3 nitrogen and oxygen atoms in total. The SMILES string of the molecule is CC(C)Oc1ccc(Nc2ccc(N(C)C)cc2Cc2ccc(Cl)cc2)cc1I. The van der Waals surface area contributed by atoms with Gasteiger partial charge in [-0.3, -0.25) is 0 Å². The van der Waals surface area contributed by atoms with E-state index in [1.54, 1.807) is 0 Å². The third kappa shape index (κ3) is 6.03. The Bertz CT molecular complexity index is 971. The largest absolute Gasteiger partial charge is 0.490 e. The number of hydrogen-bond acceptors (Lipinski definition) is 3. The second-order valence-electron chi connectivity index (χ2n) is 7.48. The molecule has 1 N–H and O–H groups in total. The zero-order valence-corrected chi connectivity index (χ0v) is 20.1. The van der Waals surface area contributed by atoms with Crippen LogP contribution in [0.2, 0.25) is 5.02 Å². The maximum atomic E-state index is 6.05. The van der Waals surface area contributed by atoms with Gasteiger partial charge in [0.15, 0.2) is 0 Å². The number of hydrogen-bond donors (Lipinski definition) is 1. The molecule has 5 heteroatoms. The van der Waals surface area contributed by atoms with Gasteiger partial charge in [0, 0.05) is 36.2 Å². The van der Waals surface area contributed by atoms with Crippen LogP contribution in [0.15, 0.2) is 60.7 Å². The minimum Gasteiger partial charge on any atom is -0.490 e. The van der Waals surface area contributed by atoms with Gasteiger partial charge in [-0.25, -0.2) is 0 Å². The zero-order valence-electron chi connectivity index (χ0n) is 17.2. The summed E-state index contributed by atoms with van der Waals surface area (Å²) in [5.41, 5.74) is 5.77.